The number of halogens is 2. The lowest BCUT2D eigenvalue weighted by atomic mass is 10.3. The maximum Gasteiger partial charge on any atom is 0.172 e. The molecule has 1 aromatic carbocycles. The molecule has 0 radical (unpaired) electrons. The van der Waals surface area contributed by atoms with E-state index in [0.29, 0.717) is 17.5 Å². The van der Waals surface area contributed by atoms with Gasteiger partial charge in [0.1, 0.15) is 11.6 Å². The Labute approximate surface area is 102 Å². The van der Waals surface area contributed by atoms with E-state index < -0.39 is 11.6 Å². The molecule has 0 bridgehead atoms. The lowest BCUT2D eigenvalue weighted by molar-refractivity contribution is 0.575. The van der Waals surface area contributed by atoms with E-state index in [-0.39, 0.29) is 5.69 Å². The third kappa shape index (κ3) is 2.65. The molecule has 2 rings (SSSR count). The van der Waals surface area contributed by atoms with Crippen molar-refractivity contribution in [1.29, 1.82) is 0 Å². The van der Waals surface area contributed by atoms with Gasteiger partial charge in [-0.2, -0.15) is 0 Å². The van der Waals surface area contributed by atoms with Crippen molar-refractivity contribution in [1.82, 2.24) is 9.55 Å². The average Bonchev–Trinajstić information content (AvgIpc) is 2.74. The van der Waals surface area contributed by atoms with Crippen molar-refractivity contribution >= 4 is 11.8 Å². The smallest absolute Gasteiger partial charge is 0.172 e. The van der Waals surface area contributed by atoms with Crippen molar-refractivity contribution in [2.24, 2.45) is 5.73 Å². The van der Waals surface area contributed by atoms with Gasteiger partial charge in [-0.1, -0.05) is 11.8 Å². The number of thioether (sulfide) groups is 1. The standard InChI is InChI=1S/C11H11F2N3S/c12-8-1-2-10(9(13)7-8)16-5-4-15-11(16)17-6-3-14/h1-2,4-5,7H,3,6,14H2. The predicted octanol–water partition coefficient (Wildman–Crippen LogP) is 2.20. The normalized spacial score (nSPS) is 10.8. The Bertz CT molecular complexity index is 513. The maximum absolute atomic E-state index is 13.6. The Kier molecular flexibility index (Phi) is 3.75. The number of rotatable bonds is 4. The molecule has 0 atom stereocenters. The molecule has 2 N–H and O–H groups in total. The van der Waals surface area contributed by atoms with E-state index in [1.54, 1.807) is 17.0 Å². The highest BCUT2D eigenvalue weighted by Gasteiger charge is 2.10. The van der Waals surface area contributed by atoms with Gasteiger partial charge in [-0.25, -0.2) is 13.8 Å². The first-order chi connectivity index (χ1) is 8.22. The number of nitrogens with zero attached hydrogens (tertiary/aromatic N) is 2. The minimum atomic E-state index is -0.613. The van der Waals surface area contributed by atoms with Crippen molar-refractivity contribution in [3.63, 3.8) is 0 Å². The van der Waals surface area contributed by atoms with Gasteiger partial charge in [0.2, 0.25) is 0 Å². The van der Waals surface area contributed by atoms with Crippen molar-refractivity contribution in [2.45, 2.75) is 5.16 Å². The Balaban J connectivity index is 2.35. The molecule has 2 aromatic rings. The number of hydrogen-bond donors (Lipinski definition) is 1. The molecule has 0 aliphatic heterocycles. The summed E-state index contributed by atoms with van der Waals surface area (Å²) >= 11 is 1.43. The zero-order valence-electron chi connectivity index (χ0n) is 8.94. The average molecular weight is 255 g/mol. The molecular weight excluding hydrogens is 244 g/mol. The molecule has 90 valence electrons. The van der Waals surface area contributed by atoms with Crippen LogP contribution in [-0.2, 0) is 0 Å². The van der Waals surface area contributed by atoms with Gasteiger partial charge in [-0.15, -0.1) is 0 Å². The number of aromatic nitrogens is 2. The van der Waals surface area contributed by atoms with Crippen LogP contribution >= 0.6 is 11.8 Å². The minimum absolute atomic E-state index is 0.281. The monoisotopic (exact) mass is 255 g/mol. The molecule has 0 aliphatic rings. The van der Waals surface area contributed by atoms with Crippen LogP contribution in [0.15, 0.2) is 35.7 Å². The molecule has 1 heterocycles. The van der Waals surface area contributed by atoms with E-state index in [1.807, 2.05) is 0 Å². The first-order valence-corrected chi connectivity index (χ1v) is 6.02. The fraction of sp³-hybridized carbons (Fsp3) is 0.182. The van der Waals surface area contributed by atoms with Crippen LogP contribution in [0.25, 0.3) is 5.69 Å². The summed E-state index contributed by atoms with van der Waals surface area (Å²) in [6.45, 7) is 0.517. The van der Waals surface area contributed by atoms with Gasteiger partial charge in [0.15, 0.2) is 5.16 Å². The van der Waals surface area contributed by atoms with Crippen LogP contribution in [0.3, 0.4) is 0 Å². The predicted molar refractivity (Wildman–Crippen MR) is 63.3 cm³/mol. The summed E-state index contributed by atoms with van der Waals surface area (Å²) in [5.41, 5.74) is 5.68. The fourth-order valence-corrected chi connectivity index (χ4v) is 2.14. The lowest BCUT2D eigenvalue weighted by Gasteiger charge is -2.08. The zero-order chi connectivity index (χ0) is 12.3. The van der Waals surface area contributed by atoms with Gasteiger partial charge < -0.3 is 5.73 Å². The summed E-state index contributed by atoms with van der Waals surface area (Å²) in [7, 11) is 0. The molecule has 0 fully saturated rings. The molecule has 0 amide bonds. The molecule has 0 saturated carbocycles. The van der Waals surface area contributed by atoms with E-state index in [4.69, 9.17) is 5.73 Å². The van der Waals surface area contributed by atoms with Gasteiger partial charge in [0, 0.05) is 30.8 Å². The van der Waals surface area contributed by atoms with E-state index >= 15 is 0 Å². The van der Waals surface area contributed by atoms with Gasteiger partial charge >= 0.3 is 0 Å². The van der Waals surface area contributed by atoms with E-state index in [1.165, 1.54) is 23.9 Å². The molecule has 3 nitrogen and oxygen atoms in total. The topological polar surface area (TPSA) is 43.8 Å². The Hall–Kier alpha value is -1.40. The van der Waals surface area contributed by atoms with Gasteiger partial charge in [-0.3, -0.25) is 4.57 Å². The van der Waals surface area contributed by atoms with E-state index in [9.17, 15) is 8.78 Å². The van der Waals surface area contributed by atoms with E-state index in [2.05, 4.69) is 4.98 Å². The number of imidazole rings is 1. The van der Waals surface area contributed by atoms with Gasteiger partial charge in [0.05, 0.1) is 5.69 Å². The highest BCUT2D eigenvalue weighted by atomic mass is 32.2. The van der Waals surface area contributed by atoms with E-state index in [0.717, 1.165) is 6.07 Å². The molecule has 0 unspecified atom stereocenters. The van der Waals surface area contributed by atoms with Crippen LogP contribution in [0, 0.1) is 11.6 Å². The van der Waals surface area contributed by atoms with Crippen LogP contribution in [0.4, 0.5) is 8.78 Å². The van der Waals surface area contributed by atoms with Crippen molar-refractivity contribution in [3.8, 4) is 5.69 Å². The Morgan fingerprint density at radius 3 is 2.88 bits per heavy atom. The number of benzene rings is 1. The van der Waals surface area contributed by atoms with Crippen LogP contribution in [-0.4, -0.2) is 21.8 Å². The van der Waals surface area contributed by atoms with Crippen molar-refractivity contribution in [3.05, 3.63) is 42.2 Å². The molecule has 17 heavy (non-hydrogen) atoms. The zero-order valence-corrected chi connectivity index (χ0v) is 9.75. The Morgan fingerprint density at radius 1 is 1.35 bits per heavy atom. The molecule has 6 heteroatoms. The largest absolute Gasteiger partial charge is 0.330 e. The lowest BCUT2D eigenvalue weighted by Crippen LogP contribution is -2.04. The maximum atomic E-state index is 13.6. The second-order valence-corrected chi connectivity index (χ2v) is 4.37. The summed E-state index contributed by atoms with van der Waals surface area (Å²) in [6, 6.07) is 3.46. The Morgan fingerprint density at radius 2 is 2.18 bits per heavy atom. The summed E-state index contributed by atoms with van der Waals surface area (Å²) in [5, 5.41) is 0.640. The molecular formula is C11H11F2N3S. The first kappa shape index (κ1) is 12.1. The summed E-state index contributed by atoms with van der Waals surface area (Å²) in [6.07, 6.45) is 3.21. The summed E-state index contributed by atoms with van der Waals surface area (Å²) in [4.78, 5) is 4.10. The van der Waals surface area contributed by atoms with Crippen LogP contribution in [0.5, 0.6) is 0 Å². The van der Waals surface area contributed by atoms with Gasteiger partial charge in [0.25, 0.3) is 0 Å². The van der Waals surface area contributed by atoms with Crippen molar-refractivity contribution < 1.29 is 8.78 Å². The van der Waals surface area contributed by atoms with Crippen molar-refractivity contribution in [2.75, 3.05) is 12.3 Å². The molecule has 0 saturated heterocycles. The first-order valence-electron chi connectivity index (χ1n) is 5.04. The molecule has 0 spiro atoms. The number of hydrogen-bond acceptors (Lipinski definition) is 3. The second-order valence-electron chi connectivity index (χ2n) is 3.31. The quantitative estimate of drug-likeness (QED) is 0.852. The summed E-state index contributed by atoms with van der Waals surface area (Å²) in [5.74, 6) is -0.514. The van der Waals surface area contributed by atoms with Crippen LogP contribution in [0.2, 0.25) is 0 Å². The van der Waals surface area contributed by atoms with Crippen LogP contribution < -0.4 is 5.73 Å². The van der Waals surface area contributed by atoms with Gasteiger partial charge in [-0.05, 0) is 12.1 Å². The third-order valence-corrected chi connectivity index (χ3v) is 3.13. The SMILES string of the molecule is NCCSc1nccn1-c1ccc(F)cc1F. The fourth-order valence-electron chi connectivity index (χ4n) is 1.41. The van der Waals surface area contributed by atoms with Crippen LogP contribution in [0.1, 0.15) is 0 Å². The highest BCUT2D eigenvalue weighted by Crippen LogP contribution is 2.22. The summed E-state index contributed by atoms with van der Waals surface area (Å²) < 4.78 is 28.0. The third-order valence-electron chi connectivity index (χ3n) is 2.13. The second kappa shape index (κ2) is 5.29. The minimum Gasteiger partial charge on any atom is -0.330 e. The highest BCUT2D eigenvalue weighted by molar-refractivity contribution is 7.99. The molecule has 0 aliphatic carbocycles. The number of nitrogens with two attached hydrogens (primary N) is 1. The molecule has 1 aromatic heterocycles.